The predicted molar refractivity (Wildman–Crippen MR) is 85.3 cm³/mol. The SMILES string of the molecule is Fc1cc(F)c(F)c(NC(=S)Nc2ccc(Br)cc2Cl)c1F. The van der Waals surface area contributed by atoms with Crippen LogP contribution in [0.15, 0.2) is 28.7 Å². The molecular weight excluding hydrogens is 408 g/mol. The molecule has 2 aromatic carbocycles. The Labute approximate surface area is 141 Å². The lowest BCUT2D eigenvalue weighted by Crippen LogP contribution is -2.21. The Morgan fingerprint density at radius 2 is 1.59 bits per heavy atom. The molecule has 0 aliphatic carbocycles. The summed E-state index contributed by atoms with van der Waals surface area (Å²) in [6.07, 6.45) is 0. The average Bonchev–Trinajstić information content (AvgIpc) is 2.44. The molecule has 0 heterocycles. The summed E-state index contributed by atoms with van der Waals surface area (Å²) in [6, 6.07) is 4.88. The fourth-order valence-corrected chi connectivity index (χ4v) is 2.47. The Bertz CT molecular complexity index is 731. The fraction of sp³-hybridized carbons (Fsp3) is 0. The molecule has 0 aliphatic rings. The summed E-state index contributed by atoms with van der Waals surface area (Å²) in [5, 5.41) is 4.64. The van der Waals surface area contributed by atoms with E-state index in [1.165, 1.54) is 0 Å². The molecule has 2 nitrogen and oxygen atoms in total. The number of hydrogen-bond acceptors (Lipinski definition) is 1. The van der Waals surface area contributed by atoms with Crippen LogP contribution in [0, 0.1) is 23.3 Å². The molecule has 0 saturated carbocycles. The van der Waals surface area contributed by atoms with Gasteiger partial charge in [-0.25, -0.2) is 17.6 Å². The van der Waals surface area contributed by atoms with Crippen molar-refractivity contribution in [3.63, 3.8) is 0 Å². The molecule has 9 heteroatoms. The quantitative estimate of drug-likeness (QED) is 0.388. The molecule has 116 valence electrons. The van der Waals surface area contributed by atoms with Crippen molar-refractivity contribution in [1.29, 1.82) is 0 Å². The van der Waals surface area contributed by atoms with Gasteiger partial charge in [0, 0.05) is 10.5 Å². The molecule has 0 atom stereocenters. The van der Waals surface area contributed by atoms with Crippen LogP contribution in [0.5, 0.6) is 0 Å². The second-order valence-electron chi connectivity index (χ2n) is 4.05. The van der Waals surface area contributed by atoms with Gasteiger partial charge in [0.1, 0.15) is 5.69 Å². The summed E-state index contributed by atoms with van der Waals surface area (Å²) in [4.78, 5) is 0. The number of halogens is 6. The monoisotopic (exact) mass is 412 g/mol. The van der Waals surface area contributed by atoms with Crippen LogP contribution in [0.3, 0.4) is 0 Å². The van der Waals surface area contributed by atoms with Crippen LogP contribution in [0.2, 0.25) is 5.02 Å². The molecule has 2 rings (SSSR count). The van der Waals surface area contributed by atoms with E-state index in [1.807, 2.05) is 0 Å². The van der Waals surface area contributed by atoms with Crippen molar-refractivity contribution in [3.8, 4) is 0 Å². The minimum absolute atomic E-state index is 0.109. The zero-order valence-electron chi connectivity index (χ0n) is 10.5. The molecule has 0 unspecified atom stereocenters. The van der Waals surface area contributed by atoms with Gasteiger partial charge in [0.2, 0.25) is 0 Å². The van der Waals surface area contributed by atoms with E-state index in [-0.39, 0.29) is 16.2 Å². The number of rotatable bonds is 2. The molecular formula is C13H6BrClF4N2S. The van der Waals surface area contributed by atoms with Crippen LogP contribution in [0.4, 0.5) is 28.9 Å². The summed E-state index contributed by atoms with van der Waals surface area (Å²) in [7, 11) is 0. The van der Waals surface area contributed by atoms with Crippen molar-refractivity contribution in [2.75, 3.05) is 10.6 Å². The van der Waals surface area contributed by atoms with Gasteiger partial charge in [0.25, 0.3) is 0 Å². The first kappa shape index (κ1) is 17.0. The zero-order chi connectivity index (χ0) is 16.4. The summed E-state index contributed by atoms with van der Waals surface area (Å²) in [5.74, 6) is -6.23. The highest BCUT2D eigenvalue weighted by Gasteiger charge is 2.20. The third kappa shape index (κ3) is 3.68. The molecule has 2 aromatic rings. The molecule has 0 aromatic heterocycles. The van der Waals surface area contributed by atoms with Gasteiger partial charge in [-0.1, -0.05) is 27.5 Å². The lowest BCUT2D eigenvalue weighted by Gasteiger charge is -2.13. The summed E-state index contributed by atoms with van der Waals surface area (Å²) < 4.78 is 53.9. The molecule has 0 aliphatic heterocycles. The molecule has 0 bridgehead atoms. The van der Waals surface area contributed by atoms with Crippen LogP contribution in [-0.2, 0) is 0 Å². The van der Waals surface area contributed by atoms with Gasteiger partial charge in [-0.3, -0.25) is 0 Å². The summed E-state index contributed by atoms with van der Waals surface area (Å²) in [5.41, 5.74) is -0.678. The first-order valence-corrected chi connectivity index (χ1v) is 7.23. The first-order chi connectivity index (χ1) is 10.3. The summed E-state index contributed by atoms with van der Waals surface area (Å²) >= 11 is 14.0. The largest absolute Gasteiger partial charge is 0.331 e. The van der Waals surface area contributed by atoms with Crippen molar-refractivity contribution < 1.29 is 17.6 Å². The van der Waals surface area contributed by atoms with E-state index in [0.29, 0.717) is 10.2 Å². The Hall–Kier alpha value is -1.38. The number of benzene rings is 2. The lowest BCUT2D eigenvalue weighted by atomic mass is 10.2. The van der Waals surface area contributed by atoms with Crippen LogP contribution in [0.1, 0.15) is 0 Å². The second kappa shape index (κ2) is 6.80. The minimum atomic E-state index is -1.58. The summed E-state index contributed by atoms with van der Waals surface area (Å²) in [6.45, 7) is 0. The van der Waals surface area contributed by atoms with Crippen molar-refractivity contribution in [2.45, 2.75) is 0 Å². The first-order valence-electron chi connectivity index (χ1n) is 5.65. The van der Waals surface area contributed by atoms with Crippen molar-refractivity contribution in [1.82, 2.24) is 0 Å². The third-order valence-corrected chi connectivity index (χ3v) is 3.54. The van der Waals surface area contributed by atoms with E-state index >= 15 is 0 Å². The van der Waals surface area contributed by atoms with Gasteiger partial charge in [0.15, 0.2) is 28.4 Å². The molecule has 0 saturated heterocycles. The predicted octanol–water partition coefficient (Wildman–Crippen LogP) is 5.47. The van der Waals surface area contributed by atoms with E-state index in [4.69, 9.17) is 23.8 Å². The highest BCUT2D eigenvalue weighted by molar-refractivity contribution is 9.10. The fourth-order valence-electron chi connectivity index (χ4n) is 1.54. The molecule has 0 spiro atoms. The lowest BCUT2D eigenvalue weighted by molar-refractivity contribution is 0.459. The van der Waals surface area contributed by atoms with Crippen molar-refractivity contribution in [3.05, 3.63) is 57.0 Å². The third-order valence-electron chi connectivity index (χ3n) is 2.53. The Morgan fingerprint density at radius 1 is 1.00 bits per heavy atom. The number of thiocarbonyl (C=S) groups is 1. The van der Waals surface area contributed by atoms with Crippen molar-refractivity contribution in [2.24, 2.45) is 0 Å². The van der Waals surface area contributed by atoms with Gasteiger partial charge in [-0.2, -0.15) is 0 Å². The van der Waals surface area contributed by atoms with Gasteiger partial charge in [-0.15, -0.1) is 0 Å². The van der Waals surface area contributed by atoms with E-state index in [0.717, 1.165) is 0 Å². The van der Waals surface area contributed by atoms with Gasteiger partial charge in [0.05, 0.1) is 10.7 Å². The standard InChI is InChI=1S/C13H6BrClF4N2S/c14-5-1-2-9(6(15)3-5)20-13(22)21-12-10(18)7(16)4-8(17)11(12)19/h1-4H,(H2,20,21,22). The Morgan fingerprint density at radius 3 is 2.14 bits per heavy atom. The Kier molecular flexibility index (Phi) is 5.25. The van der Waals surface area contributed by atoms with Gasteiger partial charge in [-0.05, 0) is 30.4 Å². The van der Waals surface area contributed by atoms with E-state index in [2.05, 4.69) is 26.6 Å². The van der Waals surface area contributed by atoms with Crippen LogP contribution in [-0.4, -0.2) is 5.11 Å². The maximum Gasteiger partial charge on any atom is 0.185 e. The molecule has 0 radical (unpaired) electrons. The number of nitrogens with one attached hydrogen (secondary N) is 2. The van der Waals surface area contributed by atoms with Crippen LogP contribution < -0.4 is 10.6 Å². The second-order valence-corrected chi connectivity index (χ2v) is 5.78. The number of hydrogen-bond donors (Lipinski definition) is 2. The Balaban J connectivity index is 2.23. The van der Waals surface area contributed by atoms with Crippen LogP contribution >= 0.6 is 39.7 Å². The van der Waals surface area contributed by atoms with Crippen LogP contribution in [0.25, 0.3) is 0 Å². The van der Waals surface area contributed by atoms with E-state index in [1.54, 1.807) is 18.2 Å². The molecule has 0 amide bonds. The zero-order valence-corrected chi connectivity index (χ0v) is 13.6. The normalized spacial score (nSPS) is 10.5. The van der Waals surface area contributed by atoms with E-state index < -0.39 is 29.0 Å². The smallest absolute Gasteiger partial charge is 0.185 e. The minimum Gasteiger partial charge on any atom is -0.331 e. The highest BCUT2D eigenvalue weighted by Crippen LogP contribution is 2.27. The number of anilines is 2. The maximum atomic E-state index is 13.5. The van der Waals surface area contributed by atoms with Gasteiger partial charge >= 0.3 is 0 Å². The van der Waals surface area contributed by atoms with Crippen molar-refractivity contribution >= 4 is 56.2 Å². The average molecular weight is 414 g/mol. The van der Waals surface area contributed by atoms with Gasteiger partial charge < -0.3 is 10.6 Å². The molecule has 22 heavy (non-hydrogen) atoms. The molecule has 0 fully saturated rings. The molecule has 2 N–H and O–H groups in total. The van der Waals surface area contributed by atoms with E-state index in [9.17, 15) is 17.6 Å². The topological polar surface area (TPSA) is 24.1 Å². The maximum absolute atomic E-state index is 13.5. The highest BCUT2D eigenvalue weighted by atomic mass is 79.9.